The standard InChI is InChI=1S/C15H13F6N3O/c1-2-9-5-3-4-6-11(9)23-13-22-7-10(15(19,20)21)12(24-13)25-8-14(16,17)18/h3-7H,2,8H2,1H3,(H,22,23,24). The zero-order valence-electron chi connectivity index (χ0n) is 12.9. The molecule has 1 heterocycles. The highest BCUT2D eigenvalue weighted by Crippen LogP contribution is 2.36. The van der Waals surface area contributed by atoms with Crippen molar-refractivity contribution in [1.82, 2.24) is 9.97 Å². The molecule has 0 bridgehead atoms. The molecule has 1 N–H and O–H groups in total. The van der Waals surface area contributed by atoms with Gasteiger partial charge in [-0.3, -0.25) is 0 Å². The topological polar surface area (TPSA) is 47.0 Å². The summed E-state index contributed by atoms with van der Waals surface area (Å²) in [5.41, 5.74) is -0.110. The van der Waals surface area contributed by atoms with Crippen molar-refractivity contribution in [2.45, 2.75) is 25.7 Å². The molecule has 2 rings (SSSR count). The number of rotatable bonds is 5. The van der Waals surface area contributed by atoms with E-state index in [0.29, 0.717) is 18.3 Å². The van der Waals surface area contributed by atoms with Crippen molar-refractivity contribution in [3.63, 3.8) is 0 Å². The van der Waals surface area contributed by atoms with Crippen LogP contribution < -0.4 is 10.1 Å². The monoisotopic (exact) mass is 365 g/mol. The minimum atomic E-state index is -4.94. The molecule has 0 saturated heterocycles. The second kappa shape index (κ2) is 7.16. The predicted octanol–water partition coefficient (Wildman–Crippen LogP) is 4.74. The number of hydrogen-bond acceptors (Lipinski definition) is 4. The van der Waals surface area contributed by atoms with Crippen molar-refractivity contribution in [2.24, 2.45) is 0 Å². The van der Waals surface area contributed by atoms with Gasteiger partial charge < -0.3 is 10.1 Å². The Labute approximate surface area is 138 Å². The van der Waals surface area contributed by atoms with Gasteiger partial charge in [-0.25, -0.2) is 4.98 Å². The second-order valence-corrected chi connectivity index (χ2v) is 4.95. The molecular formula is C15H13F6N3O. The Morgan fingerprint density at radius 2 is 1.76 bits per heavy atom. The van der Waals surface area contributed by atoms with E-state index in [1.54, 1.807) is 24.3 Å². The van der Waals surface area contributed by atoms with E-state index in [2.05, 4.69) is 20.0 Å². The molecule has 25 heavy (non-hydrogen) atoms. The van der Waals surface area contributed by atoms with E-state index >= 15 is 0 Å². The summed E-state index contributed by atoms with van der Waals surface area (Å²) in [6, 6.07) is 6.89. The molecule has 0 atom stereocenters. The quantitative estimate of drug-likeness (QED) is 0.778. The van der Waals surface area contributed by atoms with Crippen molar-refractivity contribution in [2.75, 3.05) is 11.9 Å². The first-order valence-electron chi connectivity index (χ1n) is 7.09. The van der Waals surface area contributed by atoms with Gasteiger partial charge in [0, 0.05) is 11.9 Å². The van der Waals surface area contributed by atoms with Crippen LogP contribution in [0.1, 0.15) is 18.1 Å². The van der Waals surface area contributed by atoms with Gasteiger partial charge in [0.25, 0.3) is 0 Å². The Morgan fingerprint density at radius 3 is 2.36 bits per heavy atom. The van der Waals surface area contributed by atoms with E-state index in [0.717, 1.165) is 5.56 Å². The van der Waals surface area contributed by atoms with Gasteiger partial charge in [-0.05, 0) is 18.1 Å². The Hall–Kier alpha value is -2.52. The predicted molar refractivity (Wildman–Crippen MR) is 77.7 cm³/mol. The van der Waals surface area contributed by atoms with Crippen LogP contribution in [-0.4, -0.2) is 22.8 Å². The van der Waals surface area contributed by atoms with Crippen LogP contribution in [0.3, 0.4) is 0 Å². The van der Waals surface area contributed by atoms with E-state index in [-0.39, 0.29) is 5.95 Å². The zero-order valence-corrected chi connectivity index (χ0v) is 12.9. The van der Waals surface area contributed by atoms with Crippen molar-refractivity contribution in [3.8, 4) is 5.88 Å². The first-order valence-corrected chi connectivity index (χ1v) is 7.09. The van der Waals surface area contributed by atoms with Gasteiger partial charge in [0.2, 0.25) is 11.8 Å². The van der Waals surface area contributed by atoms with E-state index in [4.69, 9.17) is 0 Å². The molecule has 0 fully saturated rings. The smallest absolute Gasteiger partial charge is 0.423 e. The lowest BCUT2D eigenvalue weighted by molar-refractivity contribution is -0.159. The summed E-state index contributed by atoms with van der Waals surface area (Å²) in [5.74, 6) is -1.48. The second-order valence-electron chi connectivity index (χ2n) is 4.95. The molecule has 0 aliphatic heterocycles. The molecule has 0 saturated carbocycles. The number of nitrogens with one attached hydrogen (secondary N) is 1. The fourth-order valence-electron chi connectivity index (χ4n) is 1.95. The number of halogens is 6. The van der Waals surface area contributed by atoms with Crippen LogP contribution in [0, 0.1) is 0 Å². The number of benzene rings is 1. The molecular weight excluding hydrogens is 352 g/mol. The maximum Gasteiger partial charge on any atom is 0.423 e. The third-order valence-corrected chi connectivity index (χ3v) is 3.08. The number of nitrogens with zero attached hydrogens (tertiary/aromatic N) is 2. The third kappa shape index (κ3) is 5.23. The van der Waals surface area contributed by atoms with Gasteiger partial charge >= 0.3 is 12.4 Å². The zero-order chi connectivity index (χ0) is 18.7. The first-order chi connectivity index (χ1) is 11.6. The van der Waals surface area contributed by atoms with E-state index < -0.39 is 30.4 Å². The number of para-hydroxylation sites is 1. The van der Waals surface area contributed by atoms with Gasteiger partial charge in [-0.2, -0.15) is 31.3 Å². The normalized spacial score (nSPS) is 12.1. The Bertz CT molecular complexity index is 730. The summed E-state index contributed by atoms with van der Waals surface area (Å²) >= 11 is 0. The number of ether oxygens (including phenoxy) is 1. The van der Waals surface area contributed by atoms with Gasteiger partial charge in [0.05, 0.1) is 0 Å². The molecule has 1 aromatic carbocycles. The van der Waals surface area contributed by atoms with Crippen molar-refractivity contribution in [3.05, 3.63) is 41.6 Å². The number of aromatic nitrogens is 2. The fourth-order valence-corrected chi connectivity index (χ4v) is 1.95. The van der Waals surface area contributed by atoms with Crippen LogP contribution in [0.2, 0.25) is 0 Å². The average molecular weight is 365 g/mol. The van der Waals surface area contributed by atoms with E-state index in [9.17, 15) is 26.3 Å². The largest absolute Gasteiger partial charge is 0.467 e. The number of anilines is 2. The fraction of sp³-hybridized carbons (Fsp3) is 0.333. The lowest BCUT2D eigenvalue weighted by Gasteiger charge is -2.15. The van der Waals surface area contributed by atoms with Gasteiger partial charge in [-0.15, -0.1) is 0 Å². The van der Waals surface area contributed by atoms with Crippen LogP contribution in [-0.2, 0) is 12.6 Å². The number of hydrogen-bond donors (Lipinski definition) is 1. The summed E-state index contributed by atoms with van der Waals surface area (Å²) in [6.45, 7) is -0.0237. The molecule has 10 heteroatoms. The number of alkyl halides is 6. The van der Waals surface area contributed by atoms with Crippen LogP contribution in [0.5, 0.6) is 5.88 Å². The molecule has 0 unspecified atom stereocenters. The summed E-state index contributed by atoms with van der Waals surface area (Å²) in [6.07, 6.45) is -8.73. The SMILES string of the molecule is CCc1ccccc1Nc1ncc(C(F)(F)F)c(OCC(F)(F)F)n1. The molecule has 0 spiro atoms. The summed E-state index contributed by atoms with van der Waals surface area (Å²) in [4.78, 5) is 6.97. The minimum Gasteiger partial charge on any atom is -0.467 e. The molecule has 0 radical (unpaired) electrons. The van der Waals surface area contributed by atoms with Gasteiger partial charge in [0.15, 0.2) is 6.61 Å². The Balaban J connectivity index is 2.34. The van der Waals surface area contributed by atoms with Crippen molar-refractivity contribution in [1.29, 1.82) is 0 Å². The van der Waals surface area contributed by atoms with Crippen LogP contribution in [0.15, 0.2) is 30.5 Å². The summed E-state index contributed by atoms with van der Waals surface area (Å²) in [5, 5.41) is 2.69. The Morgan fingerprint density at radius 1 is 1.08 bits per heavy atom. The molecule has 0 aliphatic carbocycles. The van der Waals surface area contributed by atoms with Crippen LogP contribution >= 0.6 is 0 Å². The average Bonchev–Trinajstić information content (AvgIpc) is 2.52. The van der Waals surface area contributed by atoms with Crippen molar-refractivity contribution < 1.29 is 31.1 Å². The lowest BCUT2D eigenvalue weighted by atomic mass is 10.1. The van der Waals surface area contributed by atoms with E-state index in [1.165, 1.54) is 0 Å². The highest BCUT2D eigenvalue weighted by atomic mass is 19.4. The lowest BCUT2D eigenvalue weighted by Crippen LogP contribution is -2.22. The Kier molecular flexibility index (Phi) is 5.39. The van der Waals surface area contributed by atoms with Gasteiger partial charge in [-0.1, -0.05) is 25.1 Å². The molecule has 1 aromatic heterocycles. The maximum atomic E-state index is 12.9. The number of aryl methyl sites for hydroxylation is 1. The summed E-state index contributed by atoms with van der Waals surface area (Å²) < 4.78 is 79.6. The molecule has 0 aliphatic rings. The van der Waals surface area contributed by atoms with Crippen LogP contribution in [0.25, 0.3) is 0 Å². The third-order valence-electron chi connectivity index (χ3n) is 3.08. The highest BCUT2D eigenvalue weighted by molar-refractivity contribution is 5.58. The van der Waals surface area contributed by atoms with Crippen LogP contribution in [0.4, 0.5) is 38.0 Å². The van der Waals surface area contributed by atoms with Gasteiger partial charge in [0.1, 0.15) is 5.56 Å². The minimum absolute atomic E-state index is 0.300. The first kappa shape index (κ1) is 18.8. The highest BCUT2D eigenvalue weighted by Gasteiger charge is 2.38. The van der Waals surface area contributed by atoms with Crippen molar-refractivity contribution >= 4 is 11.6 Å². The molecule has 0 amide bonds. The molecule has 2 aromatic rings. The maximum absolute atomic E-state index is 12.9. The summed E-state index contributed by atoms with van der Waals surface area (Å²) in [7, 11) is 0. The molecule has 4 nitrogen and oxygen atoms in total. The van der Waals surface area contributed by atoms with E-state index in [1.807, 2.05) is 6.92 Å². The molecule has 136 valence electrons.